The number of carbonyl (C=O) groups excluding carboxylic acids is 2. The first-order chi connectivity index (χ1) is 14.0. The van der Waals surface area contributed by atoms with Crippen molar-refractivity contribution in [2.45, 2.75) is 25.5 Å². The van der Waals surface area contributed by atoms with E-state index in [-0.39, 0.29) is 31.1 Å². The fourth-order valence-corrected chi connectivity index (χ4v) is 3.19. The Labute approximate surface area is 168 Å². The van der Waals surface area contributed by atoms with E-state index >= 15 is 0 Å². The van der Waals surface area contributed by atoms with E-state index in [1.807, 2.05) is 18.2 Å². The molecule has 0 aromatic heterocycles. The standard InChI is InChI=1S/C22H23F2NO4/c23-17-6-7-19(20(24)12-17)21(26)8-9-22(27)29-15-18-14-25(10-11-28-18)13-16-4-2-1-3-5-16/h1-7,12,18H,8-11,13-15H2. The molecule has 7 heteroatoms. The zero-order valence-electron chi connectivity index (χ0n) is 16.0. The molecule has 154 valence electrons. The fourth-order valence-electron chi connectivity index (χ4n) is 3.19. The van der Waals surface area contributed by atoms with Gasteiger partial charge in [-0.15, -0.1) is 0 Å². The van der Waals surface area contributed by atoms with Crippen LogP contribution in [0.3, 0.4) is 0 Å². The van der Waals surface area contributed by atoms with Crippen molar-refractivity contribution in [1.29, 1.82) is 0 Å². The van der Waals surface area contributed by atoms with Crippen molar-refractivity contribution in [1.82, 2.24) is 4.90 Å². The molecule has 0 radical (unpaired) electrons. The van der Waals surface area contributed by atoms with Gasteiger partial charge in [0.05, 0.1) is 18.6 Å². The second kappa shape index (κ2) is 10.2. The quantitative estimate of drug-likeness (QED) is 0.500. The highest BCUT2D eigenvalue weighted by Gasteiger charge is 2.22. The van der Waals surface area contributed by atoms with Crippen molar-refractivity contribution >= 4 is 11.8 Å². The number of morpholine rings is 1. The molecule has 3 rings (SSSR count). The maximum absolute atomic E-state index is 13.6. The molecule has 1 saturated heterocycles. The van der Waals surface area contributed by atoms with Crippen molar-refractivity contribution in [3.05, 3.63) is 71.3 Å². The monoisotopic (exact) mass is 403 g/mol. The average molecular weight is 403 g/mol. The van der Waals surface area contributed by atoms with Crippen LogP contribution in [0.25, 0.3) is 0 Å². The van der Waals surface area contributed by atoms with Crippen LogP contribution >= 0.6 is 0 Å². The van der Waals surface area contributed by atoms with Gasteiger partial charge in [0.2, 0.25) is 0 Å². The van der Waals surface area contributed by atoms with Gasteiger partial charge >= 0.3 is 5.97 Å². The number of halogens is 2. The van der Waals surface area contributed by atoms with Crippen LogP contribution in [0.2, 0.25) is 0 Å². The summed E-state index contributed by atoms with van der Waals surface area (Å²) >= 11 is 0. The largest absolute Gasteiger partial charge is 0.463 e. The Morgan fingerprint density at radius 2 is 1.90 bits per heavy atom. The van der Waals surface area contributed by atoms with E-state index in [4.69, 9.17) is 9.47 Å². The summed E-state index contributed by atoms with van der Waals surface area (Å²) in [5, 5.41) is 0. The molecule has 0 aliphatic carbocycles. The Kier molecular flexibility index (Phi) is 7.43. The van der Waals surface area contributed by atoms with Crippen molar-refractivity contribution in [3.63, 3.8) is 0 Å². The summed E-state index contributed by atoms with van der Waals surface area (Å²) in [5.41, 5.74) is 0.975. The predicted octanol–water partition coefficient (Wildman–Crippen LogP) is 3.37. The van der Waals surface area contributed by atoms with Crippen LogP contribution in [-0.2, 0) is 20.8 Å². The number of esters is 1. The summed E-state index contributed by atoms with van der Waals surface area (Å²) in [4.78, 5) is 26.2. The summed E-state index contributed by atoms with van der Waals surface area (Å²) < 4.78 is 37.4. The second-order valence-electron chi connectivity index (χ2n) is 6.94. The normalized spacial score (nSPS) is 17.1. The Morgan fingerprint density at radius 3 is 2.66 bits per heavy atom. The van der Waals surface area contributed by atoms with Crippen molar-refractivity contribution < 1.29 is 27.8 Å². The predicted molar refractivity (Wildman–Crippen MR) is 102 cm³/mol. The molecule has 0 bridgehead atoms. The molecule has 1 aliphatic rings. The summed E-state index contributed by atoms with van der Waals surface area (Å²) in [6.45, 7) is 2.89. The lowest BCUT2D eigenvalue weighted by atomic mass is 10.1. The van der Waals surface area contributed by atoms with Crippen LogP contribution in [0.15, 0.2) is 48.5 Å². The average Bonchev–Trinajstić information content (AvgIpc) is 2.71. The summed E-state index contributed by atoms with van der Waals surface area (Å²) in [5.74, 6) is -2.81. The van der Waals surface area contributed by atoms with Gasteiger partial charge in [0.15, 0.2) is 5.78 Å². The number of Topliss-reactive ketones (excluding diaryl/α,β-unsaturated/α-hetero) is 1. The highest BCUT2D eigenvalue weighted by atomic mass is 19.1. The van der Waals surface area contributed by atoms with Gasteiger partial charge in [0.25, 0.3) is 0 Å². The first kappa shape index (κ1) is 21.1. The van der Waals surface area contributed by atoms with Crippen LogP contribution in [0.1, 0.15) is 28.8 Å². The van der Waals surface area contributed by atoms with E-state index in [2.05, 4.69) is 17.0 Å². The number of hydrogen-bond acceptors (Lipinski definition) is 5. The first-order valence-corrected chi connectivity index (χ1v) is 9.53. The van der Waals surface area contributed by atoms with Crippen LogP contribution in [0.4, 0.5) is 8.78 Å². The van der Waals surface area contributed by atoms with Gasteiger partial charge in [0.1, 0.15) is 24.3 Å². The lowest BCUT2D eigenvalue weighted by Gasteiger charge is -2.32. The first-order valence-electron chi connectivity index (χ1n) is 9.53. The Hall–Kier alpha value is -2.64. The van der Waals surface area contributed by atoms with Gasteiger partial charge < -0.3 is 9.47 Å². The summed E-state index contributed by atoms with van der Waals surface area (Å²) in [6, 6.07) is 12.8. The number of ketones is 1. The number of carbonyl (C=O) groups is 2. The molecule has 5 nitrogen and oxygen atoms in total. The van der Waals surface area contributed by atoms with Gasteiger partial charge in [-0.2, -0.15) is 0 Å². The summed E-state index contributed by atoms with van der Waals surface area (Å²) in [7, 11) is 0. The zero-order chi connectivity index (χ0) is 20.6. The van der Waals surface area contributed by atoms with E-state index in [9.17, 15) is 18.4 Å². The van der Waals surface area contributed by atoms with Crippen molar-refractivity contribution in [2.24, 2.45) is 0 Å². The highest BCUT2D eigenvalue weighted by molar-refractivity contribution is 5.97. The Bertz CT molecular complexity index is 844. The topological polar surface area (TPSA) is 55.8 Å². The third-order valence-corrected chi connectivity index (χ3v) is 4.69. The van der Waals surface area contributed by atoms with E-state index in [0.717, 1.165) is 25.2 Å². The molecular weight excluding hydrogens is 380 g/mol. The van der Waals surface area contributed by atoms with E-state index in [0.29, 0.717) is 19.2 Å². The zero-order valence-corrected chi connectivity index (χ0v) is 16.0. The molecule has 1 heterocycles. The molecule has 0 spiro atoms. The third kappa shape index (κ3) is 6.44. The molecule has 0 amide bonds. The van der Waals surface area contributed by atoms with Crippen molar-refractivity contribution in [3.8, 4) is 0 Å². The molecule has 1 aliphatic heterocycles. The van der Waals surface area contributed by atoms with Crippen LogP contribution < -0.4 is 0 Å². The number of hydrogen-bond donors (Lipinski definition) is 0. The lowest BCUT2D eigenvalue weighted by molar-refractivity contribution is -0.150. The number of benzene rings is 2. The molecule has 2 aromatic carbocycles. The SMILES string of the molecule is O=C(CCC(=O)c1ccc(F)cc1F)OCC1CN(Cc2ccccc2)CCO1. The van der Waals surface area contributed by atoms with Crippen LogP contribution in [0, 0.1) is 11.6 Å². The summed E-state index contributed by atoms with van der Waals surface area (Å²) in [6.07, 6.45) is -0.606. The number of ether oxygens (including phenoxy) is 2. The molecule has 1 unspecified atom stereocenters. The number of nitrogens with zero attached hydrogens (tertiary/aromatic N) is 1. The molecule has 0 saturated carbocycles. The minimum atomic E-state index is -0.933. The minimum Gasteiger partial charge on any atom is -0.463 e. The Morgan fingerprint density at radius 1 is 1.10 bits per heavy atom. The highest BCUT2D eigenvalue weighted by Crippen LogP contribution is 2.14. The van der Waals surface area contributed by atoms with Crippen LogP contribution in [0.5, 0.6) is 0 Å². The van der Waals surface area contributed by atoms with Crippen molar-refractivity contribution in [2.75, 3.05) is 26.3 Å². The van der Waals surface area contributed by atoms with E-state index < -0.39 is 23.4 Å². The fraction of sp³-hybridized carbons (Fsp3) is 0.364. The molecule has 1 atom stereocenters. The van der Waals surface area contributed by atoms with Gasteiger partial charge in [-0.3, -0.25) is 14.5 Å². The minimum absolute atomic E-state index is 0.100. The van der Waals surface area contributed by atoms with Gasteiger partial charge in [-0.05, 0) is 17.7 Å². The molecule has 29 heavy (non-hydrogen) atoms. The van der Waals surface area contributed by atoms with E-state index in [1.54, 1.807) is 0 Å². The molecule has 0 N–H and O–H groups in total. The van der Waals surface area contributed by atoms with Crippen LogP contribution in [-0.4, -0.2) is 49.1 Å². The third-order valence-electron chi connectivity index (χ3n) is 4.69. The van der Waals surface area contributed by atoms with Gasteiger partial charge in [0, 0.05) is 32.1 Å². The molecule has 1 fully saturated rings. The Balaban J connectivity index is 1.40. The molecule has 2 aromatic rings. The smallest absolute Gasteiger partial charge is 0.306 e. The maximum atomic E-state index is 13.6. The molecular formula is C22H23F2NO4. The second-order valence-corrected chi connectivity index (χ2v) is 6.94. The lowest BCUT2D eigenvalue weighted by Crippen LogP contribution is -2.44. The van der Waals surface area contributed by atoms with E-state index in [1.165, 1.54) is 5.56 Å². The van der Waals surface area contributed by atoms with Gasteiger partial charge in [-0.25, -0.2) is 8.78 Å². The van der Waals surface area contributed by atoms with Gasteiger partial charge in [-0.1, -0.05) is 30.3 Å². The maximum Gasteiger partial charge on any atom is 0.306 e. The number of rotatable bonds is 8.